The minimum atomic E-state index is -0.191. The van der Waals surface area contributed by atoms with E-state index in [2.05, 4.69) is 21.4 Å². The van der Waals surface area contributed by atoms with E-state index in [1.54, 1.807) is 31.2 Å². The van der Waals surface area contributed by atoms with Crippen LogP contribution in [0.3, 0.4) is 0 Å². The molecule has 0 aliphatic heterocycles. The first-order chi connectivity index (χ1) is 13.1. The van der Waals surface area contributed by atoms with Crippen LogP contribution in [0.2, 0.25) is 5.02 Å². The predicted octanol–water partition coefficient (Wildman–Crippen LogP) is 4.71. The van der Waals surface area contributed by atoms with Gasteiger partial charge in [-0.2, -0.15) is 5.26 Å². The minimum absolute atomic E-state index is 0.127. The van der Waals surface area contributed by atoms with Crippen LogP contribution in [-0.4, -0.2) is 21.6 Å². The van der Waals surface area contributed by atoms with Crippen molar-refractivity contribution >= 4 is 35.0 Å². The van der Waals surface area contributed by atoms with Crippen molar-refractivity contribution in [2.45, 2.75) is 11.9 Å². The Morgan fingerprint density at radius 1 is 1.15 bits per heavy atom. The fourth-order valence-electron chi connectivity index (χ4n) is 2.36. The molecule has 0 aliphatic rings. The predicted molar refractivity (Wildman–Crippen MR) is 108 cm³/mol. The molecule has 2 aromatic carbocycles. The maximum absolute atomic E-state index is 12.2. The Hall–Kier alpha value is -2.88. The number of hydrogen-bond acceptors (Lipinski definition) is 5. The Morgan fingerprint density at radius 3 is 2.52 bits per heavy atom. The number of hydrogen-bond donors (Lipinski definition) is 1. The van der Waals surface area contributed by atoms with Gasteiger partial charge in [-0.1, -0.05) is 53.7 Å². The number of nitrogens with zero attached hydrogens (tertiary/aromatic N) is 3. The molecule has 134 valence electrons. The average molecular weight is 395 g/mol. The van der Waals surface area contributed by atoms with E-state index in [1.807, 2.05) is 30.3 Å². The highest BCUT2D eigenvalue weighted by atomic mass is 35.5. The molecule has 1 N–H and O–H groups in total. The third-order valence-electron chi connectivity index (χ3n) is 3.67. The van der Waals surface area contributed by atoms with Crippen molar-refractivity contribution in [3.05, 3.63) is 70.9 Å². The Bertz CT molecular complexity index is 1000. The standard InChI is InChI=1S/C20H15ClN4OS/c1-13-17(11-22)20(25-19(23-13)14-5-3-2-4-6-14)27-12-18(26)24-16-9-7-15(21)8-10-16/h2-10H,12H2,1H3,(H,24,26). The third kappa shape index (κ3) is 4.85. The van der Waals surface area contributed by atoms with Crippen LogP contribution in [0.1, 0.15) is 11.3 Å². The largest absolute Gasteiger partial charge is 0.325 e. The Labute approximate surface area is 166 Å². The minimum Gasteiger partial charge on any atom is -0.325 e. The van der Waals surface area contributed by atoms with Gasteiger partial charge in [0.05, 0.1) is 11.4 Å². The number of carbonyl (C=O) groups is 1. The lowest BCUT2D eigenvalue weighted by atomic mass is 10.2. The van der Waals surface area contributed by atoms with E-state index in [4.69, 9.17) is 11.6 Å². The van der Waals surface area contributed by atoms with Gasteiger partial charge in [0.1, 0.15) is 16.7 Å². The number of amides is 1. The fraction of sp³-hybridized carbons (Fsp3) is 0.100. The van der Waals surface area contributed by atoms with E-state index < -0.39 is 0 Å². The van der Waals surface area contributed by atoms with Crippen molar-refractivity contribution < 1.29 is 4.79 Å². The highest BCUT2D eigenvalue weighted by Gasteiger charge is 2.15. The quantitative estimate of drug-likeness (QED) is 0.501. The highest BCUT2D eigenvalue weighted by Crippen LogP contribution is 2.26. The van der Waals surface area contributed by atoms with Crippen molar-refractivity contribution in [3.8, 4) is 17.5 Å². The summed E-state index contributed by atoms with van der Waals surface area (Å²) in [6, 6.07) is 18.5. The molecule has 0 spiro atoms. The van der Waals surface area contributed by atoms with Crippen LogP contribution < -0.4 is 5.32 Å². The number of aryl methyl sites for hydroxylation is 1. The van der Waals surface area contributed by atoms with Crippen LogP contribution in [0.25, 0.3) is 11.4 Å². The first-order valence-electron chi connectivity index (χ1n) is 8.09. The number of halogens is 1. The lowest BCUT2D eigenvalue weighted by Gasteiger charge is -2.09. The summed E-state index contributed by atoms with van der Waals surface area (Å²) in [5.41, 5.74) is 2.50. The van der Waals surface area contributed by atoms with E-state index in [-0.39, 0.29) is 11.7 Å². The molecule has 0 radical (unpaired) electrons. The molecule has 1 aromatic heterocycles. The second-order valence-corrected chi connectivity index (χ2v) is 7.03. The number of nitrogens with one attached hydrogen (secondary N) is 1. The van der Waals surface area contributed by atoms with Gasteiger partial charge >= 0.3 is 0 Å². The topological polar surface area (TPSA) is 78.7 Å². The summed E-state index contributed by atoms with van der Waals surface area (Å²) >= 11 is 7.05. The van der Waals surface area contributed by atoms with E-state index in [0.717, 1.165) is 5.56 Å². The Kier molecular flexibility index (Phi) is 6.07. The second-order valence-electron chi connectivity index (χ2n) is 5.63. The smallest absolute Gasteiger partial charge is 0.234 e. The first kappa shape index (κ1) is 18.9. The molecule has 27 heavy (non-hydrogen) atoms. The Balaban J connectivity index is 1.77. The molecule has 1 heterocycles. The van der Waals surface area contributed by atoms with Crippen molar-refractivity contribution in [1.29, 1.82) is 5.26 Å². The van der Waals surface area contributed by atoms with Crippen LogP contribution in [0.4, 0.5) is 5.69 Å². The maximum Gasteiger partial charge on any atom is 0.234 e. The van der Waals surface area contributed by atoms with Crippen LogP contribution in [0.15, 0.2) is 59.6 Å². The molecule has 3 aromatic rings. The molecule has 3 rings (SSSR count). The molecular formula is C20H15ClN4OS. The second kappa shape index (κ2) is 8.67. The van der Waals surface area contributed by atoms with Crippen LogP contribution in [0, 0.1) is 18.3 Å². The molecule has 0 aliphatic carbocycles. The summed E-state index contributed by atoms with van der Waals surface area (Å²) in [6.07, 6.45) is 0. The number of aromatic nitrogens is 2. The van der Waals surface area contributed by atoms with Gasteiger partial charge in [0.15, 0.2) is 5.82 Å². The molecule has 0 fully saturated rings. The summed E-state index contributed by atoms with van der Waals surface area (Å²) in [6.45, 7) is 1.77. The summed E-state index contributed by atoms with van der Waals surface area (Å²) in [7, 11) is 0. The molecule has 0 saturated heterocycles. The zero-order valence-electron chi connectivity index (χ0n) is 14.4. The van der Waals surface area contributed by atoms with Crippen molar-refractivity contribution in [3.63, 3.8) is 0 Å². The van der Waals surface area contributed by atoms with Gasteiger partial charge in [0.25, 0.3) is 0 Å². The highest BCUT2D eigenvalue weighted by molar-refractivity contribution is 8.00. The number of carbonyl (C=O) groups excluding carboxylic acids is 1. The van der Waals surface area contributed by atoms with Crippen molar-refractivity contribution in [1.82, 2.24) is 9.97 Å². The number of benzene rings is 2. The van der Waals surface area contributed by atoms with Crippen LogP contribution in [-0.2, 0) is 4.79 Å². The van der Waals surface area contributed by atoms with Gasteiger partial charge in [-0.15, -0.1) is 0 Å². The van der Waals surface area contributed by atoms with Crippen molar-refractivity contribution in [2.75, 3.05) is 11.1 Å². The molecule has 0 atom stereocenters. The monoisotopic (exact) mass is 394 g/mol. The van der Waals surface area contributed by atoms with Gasteiger partial charge < -0.3 is 5.32 Å². The molecule has 0 bridgehead atoms. The maximum atomic E-state index is 12.2. The SMILES string of the molecule is Cc1nc(-c2ccccc2)nc(SCC(=O)Nc2ccc(Cl)cc2)c1C#N. The van der Waals surface area contributed by atoms with Gasteiger partial charge in [-0.25, -0.2) is 9.97 Å². The van der Waals surface area contributed by atoms with Crippen LogP contribution in [0.5, 0.6) is 0 Å². The summed E-state index contributed by atoms with van der Waals surface area (Å²) < 4.78 is 0. The molecule has 0 saturated carbocycles. The number of rotatable bonds is 5. The first-order valence-corrected chi connectivity index (χ1v) is 9.45. The Morgan fingerprint density at radius 2 is 1.85 bits per heavy atom. The van der Waals surface area contributed by atoms with Gasteiger partial charge in [-0.3, -0.25) is 4.79 Å². The third-order valence-corrected chi connectivity index (χ3v) is 4.90. The number of thioether (sulfide) groups is 1. The zero-order valence-corrected chi connectivity index (χ0v) is 16.0. The molecule has 7 heteroatoms. The summed E-state index contributed by atoms with van der Waals surface area (Å²) in [5, 5.41) is 13.3. The van der Waals surface area contributed by atoms with Crippen LogP contribution >= 0.6 is 23.4 Å². The molecule has 0 unspecified atom stereocenters. The summed E-state index contributed by atoms with van der Waals surface area (Å²) in [4.78, 5) is 21.1. The molecule has 1 amide bonds. The molecular weight excluding hydrogens is 380 g/mol. The number of anilines is 1. The lowest BCUT2D eigenvalue weighted by Crippen LogP contribution is -2.14. The molecule has 5 nitrogen and oxygen atoms in total. The fourth-order valence-corrected chi connectivity index (χ4v) is 3.31. The normalized spacial score (nSPS) is 10.3. The van der Waals surface area contributed by atoms with E-state index in [9.17, 15) is 10.1 Å². The zero-order chi connectivity index (χ0) is 19.2. The average Bonchev–Trinajstić information content (AvgIpc) is 2.68. The van der Waals surface area contributed by atoms with E-state index in [1.165, 1.54) is 11.8 Å². The van der Waals surface area contributed by atoms with Gasteiger partial charge in [0, 0.05) is 16.3 Å². The van der Waals surface area contributed by atoms with Gasteiger partial charge in [-0.05, 0) is 31.2 Å². The van der Waals surface area contributed by atoms with E-state index >= 15 is 0 Å². The summed E-state index contributed by atoms with van der Waals surface area (Å²) in [5.74, 6) is 0.471. The van der Waals surface area contributed by atoms with Gasteiger partial charge in [0.2, 0.25) is 5.91 Å². The van der Waals surface area contributed by atoms with E-state index in [0.29, 0.717) is 32.8 Å². The lowest BCUT2D eigenvalue weighted by molar-refractivity contribution is -0.113. The van der Waals surface area contributed by atoms with Crippen molar-refractivity contribution in [2.24, 2.45) is 0 Å². The number of nitriles is 1.